The lowest BCUT2D eigenvalue weighted by Gasteiger charge is -2.24. The van der Waals surface area contributed by atoms with E-state index in [9.17, 15) is 16.8 Å². The molecule has 1 saturated heterocycles. The van der Waals surface area contributed by atoms with Crippen LogP contribution in [0.15, 0.2) is 89.2 Å². The van der Waals surface area contributed by atoms with Crippen molar-refractivity contribution in [3.63, 3.8) is 0 Å². The lowest BCUT2D eigenvalue weighted by molar-refractivity contribution is 0.600. The Morgan fingerprint density at radius 1 is 0.771 bits per heavy atom. The fraction of sp³-hybridized carbons (Fsp3) is 0.200. The summed E-state index contributed by atoms with van der Waals surface area (Å²) in [6, 6.07) is 22.1. The number of hydrogen-bond acceptors (Lipinski definition) is 6. The monoisotopic (exact) mass is 512 g/mol. The second-order valence-electron chi connectivity index (χ2n) is 8.10. The predicted molar refractivity (Wildman–Crippen MR) is 141 cm³/mol. The molecule has 35 heavy (non-hydrogen) atoms. The Morgan fingerprint density at radius 2 is 1.49 bits per heavy atom. The van der Waals surface area contributed by atoms with Gasteiger partial charge < -0.3 is 10.2 Å². The van der Waals surface area contributed by atoms with Gasteiger partial charge in [0.1, 0.15) is 0 Å². The van der Waals surface area contributed by atoms with Gasteiger partial charge in [-0.05, 0) is 54.9 Å². The highest BCUT2D eigenvalue weighted by Gasteiger charge is 2.20. The topological polar surface area (TPSA) is 108 Å². The highest BCUT2D eigenvalue weighted by molar-refractivity contribution is 7.95. The van der Waals surface area contributed by atoms with E-state index in [0.717, 1.165) is 49.3 Å². The molecule has 3 aromatic carbocycles. The lowest BCUT2D eigenvalue weighted by atomic mass is 10.2. The van der Waals surface area contributed by atoms with E-state index in [0.29, 0.717) is 0 Å². The molecular weight excluding hydrogens is 484 g/mol. The Hall–Kier alpha value is -3.34. The van der Waals surface area contributed by atoms with Crippen LogP contribution < -0.4 is 19.7 Å². The smallest absolute Gasteiger partial charge is 0.261 e. The van der Waals surface area contributed by atoms with Crippen LogP contribution in [0.25, 0.3) is 6.08 Å². The zero-order valence-corrected chi connectivity index (χ0v) is 20.7. The fourth-order valence-electron chi connectivity index (χ4n) is 3.73. The molecule has 8 nitrogen and oxygen atoms in total. The van der Waals surface area contributed by atoms with Gasteiger partial charge in [0.15, 0.2) is 0 Å². The van der Waals surface area contributed by atoms with Crippen molar-refractivity contribution in [2.24, 2.45) is 0 Å². The van der Waals surface area contributed by atoms with Gasteiger partial charge in [-0.25, -0.2) is 16.8 Å². The van der Waals surface area contributed by atoms with Gasteiger partial charge in [0.25, 0.3) is 20.0 Å². The highest BCUT2D eigenvalue weighted by atomic mass is 32.2. The average molecular weight is 513 g/mol. The first-order chi connectivity index (χ1) is 16.8. The van der Waals surface area contributed by atoms with Gasteiger partial charge in [0.2, 0.25) is 0 Å². The van der Waals surface area contributed by atoms with Gasteiger partial charge in [0.05, 0.1) is 21.7 Å². The molecule has 0 atom stereocenters. The Kier molecular flexibility index (Phi) is 7.74. The van der Waals surface area contributed by atoms with Crippen LogP contribution in [0.1, 0.15) is 12.0 Å². The number of anilines is 3. The first-order valence-electron chi connectivity index (χ1n) is 11.3. The van der Waals surface area contributed by atoms with Crippen LogP contribution in [0.5, 0.6) is 0 Å². The molecule has 1 aliphatic rings. The van der Waals surface area contributed by atoms with E-state index in [2.05, 4.69) is 19.7 Å². The second kappa shape index (κ2) is 10.9. The van der Waals surface area contributed by atoms with Crippen molar-refractivity contribution in [1.82, 2.24) is 5.32 Å². The molecule has 0 saturated carbocycles. The Labute approximate surface area is 206 Å². The van der Waals surface area contributed by atoms with Crippen molar-refractivity contribution < 1.29 is 16.8 Å². The minimum atomic E-state index is -3.94. The van der Waals surface area contributed by atoms with E-state index in [1.54, 1.807) is 48.5 Å². The number of benzene rings is 3. The van der Waals surface area contributed by atoms with Crippen molar-refractivity contribution in [2.45, 2.75) is 11.3 Å². The van der Waals surface area contributed by atoms with Crippen molar-refractivity contribution >= 4 is 43.2 Å². The summed E-state index contributed by atoms with van der Waals surface area (Å²) in [6.45, 7) is 3.29. The number of rotatable bonds is 8. The number of hydrogen-bond donors (Lipinski definition) is 3. The molecule has 0 unspecified atom stereocenters. The van der Waals surface area contributed by atoms with Crippen molar-refractivity contribution in [3.8, 4) is 0 Å². The third-order valence-electron chi connectivity index (χ3n) is 5.50. The molecule has 0 radical (unpaired) electrons. The third-order valence-corrected chi connectivity index (χ3v) is 7.88. The van der Waals surface area contributed by atoms with Crippen LogP contribution in [-0.2, 0) is 20.0 Å². The van der Waals surface area contributed by atoms with E-state index < -0.39 is 20.0 Å². The molecule has 0 amide bonds. The van der Waals surface area contributed by atoms with E-state index in [1.807, 2.05) is 18.2 Å². The highest BCUT2D eigenvalue weighted by Crippen LogP contribution is 2.31. The minimum absolute atomic E-state index is 0.0853. The average Bonchev–Trinajstić information content (AvgIpc) is 3.15. The Morgan fingerprint density at radius 3 is 2.23 bits per heavy atom. The summed E-state index contributed by atoms with van der Waals surface area (Å²) < 4.78 is 56.8. The molecule has 0 spiro atoms. The van der Waals surface area contributed by atoms with Crippen molar-refractivity contribution in [2.75, 3.05) is 40.5 Å². The second-order valence-corrected chi connectivity index (χ2v) is 11.3. The van der Waals surface area contributed by atoms with Gasteiger partial charge in [-0.1, -0.05) is 48.5 Å². The van der Waals surface area contributed by atoms with Crippen molar-refractivity contribution in [3.05, 3.63) is 89.8 Å². The van der Waals surface area contributed by atoms with Gasteiger partial charge in [0, 0.05) is 25.3 Å². The van der Waals surface area contributed by atoms with Crippen LogP contribution in [0.4, 0.5) is 17.1 Å². The molecule has 3 N–H and O–H groups in total. The standard InChI is InChI=1S/C25H28N4O4S2/c30-34(31,19-14-21-8-3-1-4-9-21)27-24-13-12-22(29-17-7-15-26-16-18-29)20-25(24)28-35(32,33)23-10-5-2-6-11-23/h1-6,8-14,19-20,26-28H,7,15-18H2. The van der Waals surface area contributed by atoms with Crippen LogP contribution in [0, 0.1) is 0 Å². The number of nitrogens with zero attached hydrogens (tertiary/aromatic N) is 1. The molecule has 1 aliphatic heterocycles. The summed E-state index contributed by atoms with van der Waals surface area (Å²) in [6.07, 6.45) is 2.43. The third kappa shape index (κ3) is 6.84. The summed E-state index contributed by atoms with van der Waals surface area (Å²) in [5.41, 5.74) is 1.83. The molecular formula is C25H28N4O4S2. The molecule has 1 heterocycles. The maximum Gasteiger partial charge on any atom is 0.261 e. The molecule has 4 rings (SSSR count). The maximum atomic E-state index is 13.0. The SMILES string of the molecule is O=S(=O)(C=Cc1ccccc1)Nc1ccc(N2CCCNCC2)cc1NS(=O)(=O)c1ccccc1. The van der Waals surface area contributed by atoms with E-state index >= 15 is 0 Å². The molecule has 0 aliphatic carbocycles. The van der Waals surface area contributed by atoms with Crippen LogP contribution in [-0.4, -0.2) is 43.0 Å². The molecule has 3 aromatic rings. The normalized spacial score (nSPS) is 15.0. The van der Waals surface area contributed by atoms with Gasteiger partial charge in [-0.15, -0.1) is 0 Å². The van der Waals surface area contributed by atoms with Crippen molar-refractivity contribution in [1.29, 1.82) is 0 Å². The molecule has 1 fully saturated rings. The Balaban J connectivity index is 1.66. The summed E-state index contributed by atoms with van der Waals surface area (Å²) in [7, 11) is -7.84. The molecule has 0 bridgehead atoms. The summed E-state index contributed by atoms with van der Waals surface area (Å²) in [5.74, 6) is 0. The summed E-state index contributed by atoms with van der Waals surface area (Å²) in [5, 5.41) is 4.40. The fourth-order valence-corrected chi connectivity index (χ4v) is 5.71. The summed E-state index contributed by atoms with van der Waals surface area (Å²) >= 11 is 0. The predicted octanol–water partition coefficient (Wildman–Crippen LogP) is 3.70. The zero-order chi connectivity index (χ0) is 24.7. The maximum absolute atomic E-state index is 13.0. The van der Waals surface area contributed by atoms with Gasteiger partial charge in [-0.3, -0.25) is 9.44 Å². The largest absolute Gasteiger partial charge is 0.370 e. The van der Waals surface area contributed by atoms with E-state index in [4.69, 9.17) is 0 Å². The van der Waals surface area contributed by atoms with Gasteiger partial charge >= 0.3 is 0 Å². The molecule has 10 heteroatoms. The van der Waals surface area contributed by atoms with Crippen LogP contribution >= 0.6 is 0 Å². The van der Waals surface area contributed by atoms with Crippen LogP contribution in [0.2, 0.25) is 0 Å². The van der Waals surface area contributed by atoms with E-state index in [1.165, 1.54) is 18.2 Å². The number of nitrogens with one attached hydrogen (secondary N) is 3. The zero-order valence-electron chi connectivity index (χ0n) is 19.1. The molecule has 184 valence electrons. The lowest BCUT2D eigenvalue weighted by Crippen LogP contribution is -2.28. The quantitative estimate of drug-likeness (QED) is 0.425. The summed E-state index contributed by atoms with van der Waals surface area (Å²) in [4.78, 5) is 2.23. The van der Waals surface area contributed by atoms with E-state index in [-0.39, 0.29) is 16.3 Å². The van der Waals surface area contributed by atoms with Gasteiger partial charge in [-0.2, -0.15) is 0 Å². The van der Waals surface area contributed by atoms with Crippen LogP contribution in [0.3, 0.4) is 0 Å². The minimum Gasteiger partial charge on any atom is -0.370 e. The first-order valence-corrected chi connectivity index (χ1v) is 14.3. The number of sulfonamides is 2. The first kappa shape index (κ1) is 24.8. The molecule has 0 aromatic heterocycles. The Bertz CT molecular complexity index is 1370.